The van der Waals surface area contributed by atoms with Gasteiger partial charge in [-0.2, -0.15) is 0 Å². The lowest BCUT2D eigenvalue weighted by Crippen LogP contribution is -2.34. The molecule has 0 aromatic heterocycles. The molecule has 0 amide bonds. The Labute approximate surface area is 131 Å². The number of ether oxygens (including phenoxy) is 1. The number of rotatable bonds is 12. The van der Waals surface area contributed by atoms with Gasteiger partial charge in [-0.05, 0) is 49.8 Å². The minimum atomic E-state index is 0.450. The number of hydrogen-bond donors (Lipinski definition) is 1. The summed E-state index contributed by atoms with van der Waals surface area (Å²) in [6, 6.07) is 10.1. The van der Waals surface area contributed by atoms with Gasteiger partial charge in [0.15, 0.2) is 0 Å². The van der Waals surface area contributed by atoms with Crippen molar-refractivity contribution in [2.24, 2.45) is 5.41 Å². The monoisotopic (exact) mass is 291 g/mol. The van der Waals surface area contributed by atoms with Crippen molar-refractivity contribution in [1.82, 2.24) is 5.32 Å². The smallest absolute Gasteiger partial charge is 0.119 e. The maximum atomic E-state index is 5.83. The first-order valence-corrected chi connectivity index (χ1v) is 8.65. The van der Waals surface area contributed by atoms with Gasteiger partial charge in [-0.1, -0.05) is 51.8 Å². The number of nitrogens with one attached hydrogen (secondary N) is 1. The first-order valence-electron chi connectivity index (χ1n) is 8.65. The van der Waals surface area contributed by atoms with Crippen LogP contribution in [0.3, 0.4) is 0 Å². The molecule has 1 aromatic rings. The van der Waals surface area contributed by atoms with E-state index in [-0.39, 0.29) is 0 Å². The standard InChI is InChI=1S/C19H33NO/c1-4-7-14-19(5-2,17-20-6-3)15-11-16-21-18-12-9-8-10-13-18/h8-10,12-13,20H,4-7,11,14-17H2,1-3H3. The second-order valence-electron chi connectivity index (χ2n) is 6.00. The van der Waals surface area contributed by atoms with Crippen molar-refractivity contribution in [3.05, 3.63) is 30.3 Å². The summed E-state index contributed by atoms with van der Waals surface area (Å²) in [6.07, 6.45) is 7.60. The Morgan fingerprint density at radius 1 is 1.00 bits per heavy atom. The molecule has 120 valence electrons. The predicted molar refractivity (Wildman–Crippen MR) is 92.0 cm³/mol. The van der Waals surface area contributed by atoms with E-state index < -0.39 is 0 Å². The zero-order valence-electron chi connectivity index (χ0n) is 14.2. The average Bonchev–Trinajstić information content (AvgIpc) is 2.54. The van der Waals surface area contributed by atoms with Crippen molar-refractivity contribution >= 4 is 0 Å². The van der Waals surface area contributed by atoms with E-state index in [0.29, 0.717) is 5.41 Å². The first-order chi connectivity index (χ1) is 10.3. The third-order valence-electron chi connectivity index (χ3n) is 4.42. The van der Waals surface area contributed by atoms with Crippen molar-refractivity contribution < 1.29 is 4.74 Å². The molecule has 1 N–H and O–H groups in total. The lowest BCUT2D eigenvalue weighted by molar-refractivity contribution is 0.188. The molecule has 1 rings (SSSR count). The summed E-state index contributed by atoms with van der Waals surface area (Å²) in [5.41, 5.74) is 0.450. The van der Waals surface area contributed by atoms with E-state index in [1.54, 1.807) is 0 Å². The van der Waals surface area contributed by atoms with Crippen LogP contribution < -0.4 is 10.1 Å². The molecule has 1 unspecified atom stereocenters. The molecule has 0 aliphatic carbocycles. The maximum absolute atomic E-state index is 5.83. The highest BCUT2D eigenvalue weighted by molar-refractivity contribution is 5.20. The van der Waals surface area contributed by atoms with Crippen molar-refractivity contribution in [3.63, 3.8) is 0 Å². The highest BCUT2D eigenvalue weighted by atomic mass is 16.5. The van der Waals surface area contributed by atoms with E-state index in [2.05, 4.69) is 26.1 Å². The van der Waals surface area contributed by atoms with Crippen LogP contribution in [0.25, 0.3) is 0 Å². The van der Waals surface area contributed by atoms with Crippen LogP contribution in [0.2, 0.25) is 0 Å². The molecule has 2 heteroatoms. The Bertz CT molecular complexity index is 342. The van der Waals surface area contributed by atoms with Crippen LogP contribution in [0, 0.1) is 5.41 Å². The van der Waals surface area contributed by atoms with Crippen LogP contribution in [0.1, 0.15) is 59.3 Å². The summed E-state index contributed by atoms with van der Waals surface area (Å²) in [5, 5.41) is 3.57. The van der Waals surface area contributed by atoms with Crippen molar-refractivity contribution in [2.45, 2.75) is 59.3 Å². The van der Waals surface area contributed by atoms with E-state index in [1.807, 2.05) is 30.3 Å². The number of hydrogen-bond acceptors (Lipinski definition) is 2. The zero-order valence-corrected chi connectivity index (χ0v) is 14.2. The topological polar surface area (TPSA) is 21.3 Å². The molecule has 0 aliphatic heterocycles. The van der Waals surface area contributed by atoms with Gasteiger partial charge < -0.3 is 10.1 Å². The summed E-state index contributed by atoms with van der Waals surface area (Å²) in [6.45, 7) is 9.85. The summed E-state index contributed by atoms with van der Waals surface area (Å²) >= 11 is 0. The lowest BCUT2D eigenvalue weighted by atomic mass is 9.76. The SMILES string of the molecule is CCCCC(CC)(CCCOc1ccccc1)CNCC. The third kappa shape index (κ3) is 6.99. The van der Waals surface area contributed by atoms with Crippen LogP contribution >= 0.6 is 0 Å². The molecule has 0 spiro atoms. The van der Waals surface area contributed by atoms with Gasteiger partial charge in [-0.3, -0.25) is 0 Å². The summed E-state index contributed by atoms with van der Waals surface area (Å²) in [4.78, 5) is 0. The van der Waals surface area contributed by atoms with Crippen LogP contribution in [0.15, 0.2) is 30.3 Å². The fourth-order valence-electron chi connectivity index (χ4n) is 2.88. The van der Waals surface area contributed by atoms with Gasteiger partial charge in [-0.15, -0.1) is 0 Å². The molecule has 1 aromatic carbocycles. The second kappa shape index (κ2) is 10.7. The lowest BCUT2D eigenvalue weighted by Gasteiger charge is -2.33. The molecular weight excluding hydrogens is 258 g/mol. The molecule has 0 fully saturated rings. The molecule has 21 heavy (non-hydrogen) atoms. The molecule has 0 bridgehead atoms. The van der Waals surface area contributed by atoms with Gasteiger partial charge in [0.1, 0.15) is 5.75 Å². The van der Waals surface area contributed by atoms with Gasteiger partial charge in [0.25, 0.3) is 0 Å². The van der Waals surface area contributed by atoms with Gasteiger partial charge >= 0.3 is 0 Å². The van der Waals surface area contributed by atoms with Gasteiger partial charge in [-0.25, -0.2) is 0 Å². The Morgan fingerprint density at radius 3 is 2.33 bits per heavy atom. The zero-order chi connectivity index (χ0) is 15.4. The highest BCUT2D eigenvalue weighted by Gasteiger charge is 2.26. The molecule has 2 nitrogen and oxygen atoms in total. The van der Waals surface area contributed by atoms with Crippen molar-refractivity contribution in [2.75, 3.05) is 19.7 Å². The Kier molecular flexibility index (Phi) is 9.16. The number of benzene rings is 1. The van der Waals surface area contributed by atoms with Crippen LogP contribution in [0.5, 0.6) is 5.75 Å². The number of unbranched alkanes of at least 4 members (excludes halogenated alkanes) is 1. The average molecular weight is 291 g/mol. The fourth-order valence-corrected chi connectivity index (χ4v) is 2.88. The predicted octanol–water partition coefficient (Wildman–Crippen LogP) is 5.04. The van der Waals surface area contributed by atoms with E-state index >= 15 is 0 Å². The quantitative estimate of drug-likeness (QED) is 0.545. The molecule has 0 radical (unpaired) electrons. The van der Waals surface area contributed by atoms with Crippen LogP contribution in [0.4, 0.5) is 0 Å². The first kappa shape index (κ1) is 18.0. The van der Waals surface area contributed by atoms with Gasteiger partial charge in [0.2, 0.25) is 0 Å². The molecule has 0 heterocycles. The van der Waals surface area contributed by atoms with E-state index in [0.717, 1.165) is 31.9 Å². The molecular formula is C19H33NO. The Balaban J connectivity index is 2.40. The maximum Gasteiger partial charge on any atom is 0.119 e. The molecule has 0 saturated carbocycles. The Hall–Kier alpha value is -1.02. The number of para-hydroxylation sites is 1. The summed E-state index contributed by atoms with van der Waals surface area (Å²) < 4.78 is 5.83. The minimum Gasteiger partial charge on any atom is -0.494 e. The van der Waals surface area contributed by atoms with Crippen LogP contribution in [-0.4, -0.2) is 19.7 Å². The van der Waals surface area contributed by atoms with Crippen LogP contribution in [-0.2, 0) is 0 Å². The molecule has 0 saturated heterocycles. The Morgan fingerprint density at radius 2 is 1.71 bits per heavy atom. The third-order valence-corrected chi connectivity index (χ3v) is 4.42. The molecule has 0 aliphatic rings. The fraction of sp³-hybridized carbons (Fsp3) is 0.684. The second-order valence-corrected chi connectivity index (χ2v) is 6.00. The minimum absolute atomic E-state index is 0.450. The van der Waals surface area contributed by atoms with E-state index in [4.69, 9.17) is 4.74 Å². The van der Waals surface area contributed by atoms with E-state index in [9.17, 15) is 0 Å². The van der Waals surface area contributed by atoms with Crippen molar-refractivity contribution in [1.29, 1.82) is 0 Å². The summed E-state index contributed by atoms with van der Waals surface area (Å²) in [5.74, 6) is 0.986. The molecule has 1 atom stereocenters. The van der Waals surface area contributed by atoms with Gasteiger partial charge in [0, 0.05) is 6.54 Å². The normalized spacial score (nSPS) is 13.9. The van der Waals surface area contributed by atoms with E-state index in [1.165, 1.54) is 32.1 Å². The highest BCUT2D eigenvalue weighted by Crippen LogP contribution is 2.33. The largest absolute Gasteiger partial charge is 0.494 e. The van der Waals surface area contributed by atoms with Gasteiger partial charge in [0.05, 0.1) is 6.61 Å². The van der Waals surface area contributed by atoms with Crippen molar-refractivity contribution in [3.8, 4) is 5.75 Å². The summed E-state index contributed by atoms with van der Waals surface area (Å²) in [7, 11) is 0.